The van der Waals surface area contributed by atoms with Gasteiger partial charge in [0.2, 0.25) is 6.41 Å². The fraction of sp³-hybridized carbons (Fsp3) is 0.258. The number of halogens is 4. The molecule has 46 heavy (non-hydrogen) atoms. The van der Waals surface area contributed by atoms with Gasteiger partial charge in [-0.15, -0.1) is 18.3 Å². The molecule has 1 aromatic heterocycles. The summed E-state index contributed by atoms with van der Waals surface area (Å²) < 4.78 is 42.5. The Kier molecular flexibility index (Phi) is 11.7. The zero-order valence-electron chi connectivity index (χ0n) is 25.1. The molecule has 0 bridgehead atoms. The van der Waals surface area contributed by atoms with Gasteiger partial charge in [-0.25, -0.2) is 14.5 Å². The number of ether oxygens (including phenoxy) is 1. The number of alkyl halides is 3. The molecule has 1 heterocycles. The molecule has 0 aliphatic rings. The maximum absolute atomic E-state index is 12.9. The zero-order valence-corrected chi connectivity index (χ0v) is 26.7. The first kappa shape index (κ1) is 34.3. The number of nitrogens with zero attached hydrogens (tertiary/aromatic N) is 5. The van der Waals surface area contributed by atoms with Gasteiger partial charge in [-0.2, -0.15) is 4.99 Å². The third-order valence-corrected chi connectivity index (χ3v) is 7.48. The first-order valence-corrected chi connectivity index (χ1v) is 15.5. The Morgan fingerprint density at radius 2 is 1.89 bits per heavy atom. The third kappa shape index (κ3) is 9.47. The van der Waals surface area contributed by atoms with Gasteiger partial charge in [-0.3, -0.25) is 9.69 Å². The van der Waals surface area contributed by atoms with Gasteiger partial charge in [0, 0.05) is 5.69 Å². The second kappa shape index (κ2) is 15.6. The fourth-order valence-corrected chi connectivity index (χ4v) is 5.25. The second-order valence-electron chi connectivity index (χ2n) is 9.81. The van der Waals surface area contributed by atoms with Crippen LogP contribution in [0.25, 0.3) is 5.69 Å². The number of benzene rings is 3. The van der Waals surface area contributed by atoms with Crippen LogP contribution in [0.2, 0.25) is 5.02 Å². The van der Waals surface area contributed by atoms with Gasteiger partial charge < -0.3 is 15.4 Å². The van der Waals surface area contributed by atoms with E-state index in [1.165, 1.54) is 51.9 Å². The summed E-state index contributed by atoms with van der Waals surface area (Å²) >= 11 is 7.74. The van der Waals surface area contributed by atoms with Crippen molar-refractivity contribution in [3.05, 3.63) is 89.0 Å². The van der Waals surface area contributed by atoms with E-state index in [0.717, 1.165) is 24.0 Å². The van der Waals surface area contributed by atoms with Crippen molar-refractivity contribution < 1.29 is 27.5 Å². The molecule has 0 saturated carbocycles. The number of anilines is 3. The average Bonchev–Trinajstić information content (AvgIpc) is 3.47. The highest BCUT2D eigenvalue weighted by atomic mass is 35.5. The molecular formula is C31H31ClF3N7O3S. The summed E-state index contributed by atoms with van der Waals surface area (Å²) in [7, 11) is 0. The van der Waals surface area contributed by atoms with Crippen LogP contribution >= 0.6 is 23.4 Å². The van der Waals surface area contributed by atoms with Crippen LogP contribution in [0.5, 0.6) is 5.75 Å². The topological polar surface area (TPSA) is 114 Å². The van der Waals surface area contributed by atoms with Crippen LogP contribution in [0.1, 0.15) is 37.2 Å². The number of hydrogen-bond donors (Lipinski definition) is 2. The predicted octanol–water partition coefficient (Wildman–Crippen LogP) is 8.00. The molecule has 2 N–H and O–H groups in total. The number of aliphatic imine (C=N–C) groups is 1. The van der Waals surface area contributed by atoms with Crippen molar-refractivity contribution in [1.29, 1.82) is 0 Å². The molecule has 0 atom stereocenters. The van der Waals surface area contributed by atoms with Gasteiger partial charge in [0.05, 0.1) is 28.6 Å². The maximum Gasteiger partial charge on any atom is 0.573 e. The lowest BCUT2D eigenvalue weighted by Crippen LogP contribution is -2.30. The summed E-state index contributed by atoms with van der Waals surface area (Å²) in [6, 6.07) is 15.3. The molecule has 4 aromatic rings. The lowest BCUT2D eigenvalue weighted by atomic mass is 10.0. The Bertz CT molecular complexity index is 1700. The summed E-state index contributed by atoms with van der Waals surface area (Å²) in [4.78, 5) is 35.0. The molecule has 0 spiro atoms. The van der Waals surface area contributed by atoms with Gasteiger partial charge in [0.25, 0.3) is 0 Å². The van der Waals surface area contributed by atoms with Gasteiger partial charge in [0.1, 0.15) is 12.1 Å². The van der Waals surface area contributed by atoms with E-state index in [1.807, 2.05) is 32.0 Å². The molecule has 0 radical (unpaired) electrons. The van der Waals surface area contributed by atoms with Crippen LogP contribution in [-0.4, -0.2) is 44.5 Å². The van der Waals surface area contributed by atoms with E-state index >= 15 is 0 Å². The molecule has 15 heteroatoms. The Balaban J connectivity index is 1.41. The van der Waals surface area contributed by atoms with E-state index < -0.39 is 12.4 Å². The van der Waals surface area contributed by atoms with Crippen molar-refractivity contribution in [2.24, 2.45) is 4.99 Å². The number of hydrogen-bond acceptors (Lipinski definition) is 7. The van der Waals surface area contributed by atoms with Crippen LogP contribution < -0.4 is 20.3 Å². The molecule has 10 nitrogen and oxygen atoms in total. The van der Waals surface area contributed by atoms with Crippen molar-refractivity contribution in [2.75, 3.05) is 21.3 Å². The molecule has 0 saturated heterocycles. The van der Waals surface area contributed by atoms with E-state index in [1.54, 1.807) is 18.2 Å². The number of thioether (sulfide) groups is 1. The van der Waals surface area contributed by atoms with Crippen LogP contribution in [0.3, 0.4) is 0 Å². The van der Waals surface area contributed by atoms with Crippen molar-refractivity contribution in [2.45, 2.75) is 46.5 Å². The number of amidine groups is 1. The quantitative estimate of drug-likeness (QED) is 0.0942. The molecule has 3 amide bonds. The van der Waals surface area contributed by atoms with Crippen LogP contribution in [0.15, 0.2) is 72.0 Å². The van der Waals surface area contributed by atoms with E-state index in [2.05, 4.69) is 37.4 Å². The Labute approximate surface area is 273 Å². The van der Waals surface area contributed by atoms with Crippen LogP contribution in [-0.2, 0) is 17.8 Å². The highest BCUT2D eigenvalue weighted by molar-refractivity contribution is 8.14. The third-order valence-electron chi connectivity index (χ3n) is 6.33. The lowest BCUT2D eigenvalue weighted by Gasteiger charge is -2.22. The first-order valence-electron chi connectivity index (χ1n) is 14.2. The second-order valence-corrected chi connectivity index (χ2v) is 11.4. The van der Waals surface area contributed by atoms with Crippen molar-refractivity contribution in [3.63, 3.8) is 0 Å². The van der Waals surface area contributed by atoms with E-state index in [-0.39, 0.29) is 17.5 Å². The monoisotopic (exact) mass is 673 g/mol. The molecule has 242 valence electrons. The highest BCUT2D eigenvalue weighted by Crippen LogP contribution is 2.28. The molecule has 3 aromatic carbocycles. The Morgan fingerprint density at radius 3 is 2.54 bits per heavy atom. The predicted molar refractivity (Wildman–Crippen MR) is 175 cm³/mol. The van der Waals surface area contributed by atoms with Crippen molar-refractivity contribution >= 4 is 58.0 Å². The van der Waals surface area contributed by atoms with Gasteiger partial charge in [-0.1, -0.05) is 55.8 Å². The average molecular weight is 674 g/mol. The zero-order chi connectivity index (χ0) is 33.3. The van der Waals surface area contributed by atoms with Gasteiger partial charge >= 0.3 is 12.4 Å². The number of amides is 3. The van der Waals surface area contributed by atoms with E-state index in [4.69, 9.17) is 11.6 Å². The number of urea groups is 1. The number of rotatable bonds is 11. The Hall–Kier alpha value is -4.56. The lowest BCUT2D eigenvalue weighted by molar-refractivity contribution is -0.274. The largest absolute Gasteiger partial charge is 0.573 e. The molecular weight excluding hydrogens is 643 g/mol. The first-order chi connectivity index (χ1) is 22.0. The number of nitrogens with one attached hydrogen (secondary N) is 2. The number of carbonyl (C=O) groups is 2. The minimum atomic E-state index is -4.77. The maximum atomic E-state index is 12.9. The smallest absolute Gasteiger partial charge is 0.406 e. The van der Waals surface area contributed by atoms with E-state index in [0.29, 0.717) is 45.8 Å². The number of aryl methyl sites for hydroxylation is 2. The fourth-order valence-electron chi connectivity index (χ4n) is 4.32. The summed E-state index contributed by atoms with van der Waals surface area (Å²) in [6.45, 7) is 6.09. The minimum absolute atomic E-state index is 0.191. The standard InChI is InChI=1S/C31H31ClF3N7O3S/c1-4-6-21-8-7-20(3)15-27(21)41(19-43)30(46-5-2)39-29(44)38-22-9-14-26(25(32)16-22)36-17-28-37-18-42(40-28)23-10-12-24(13-11-23)45-31(33,34)35/h7-16,18-19,36H,4-6,17H2,1-3H3,(H,38,44)/b39-30-. The van der Waals surface area contributed by atoms with E-state index in [9.17, 15) is 22.8 Å². The summed E-state index contributed by atoms with van der Waals surface area (Å²) in [6.07, 6.45) is -1.02. The summed E-state index contributed by atoms with van der Waals surface area (Å²) in [5.74, 6) is 0.647. The summed E-state index contributed by atoms with van der Waals surface area (Å²) in [5, 5.41) is 10.7. The molecule has 0 fully saturated rings. The minimum Gasteiger partial charge on any atom is -0.406 e. The number of aromatic nitrogens is 3. The Morgan fingerprint density at radius 1 is 1.13 bits per heavy atom. The number of carbonyl (C=O) groups excluding carboxylic acids is 2. The SMILES string of the molecule is CCCc1ccc(C)cc1N(C=O)/C(=N/C(=O)Nc1ccc(NCc2ncn(-c3ccc(OC(F)(F)F)cc3)n2)c(Cl)c1)SCC. The molecule has 4 rings (SSSR count). The van der Waals surface area contributed by atoms with Gasteiger partial charge in [-0.05, 0) is 78.8 Å². The van der Waals surface area contributed by atoms with Crippen LogP contribution in [0.4, 0.5) is 35.0 Å². The summed E-state index contributed by atoms with van der Waals surface area (Å²) in [5.41, 5.74) is 4.08. The molecule has 0 aliphatic heterocycles. The van der Waals surface area contributed by atoms with Gasteiger partial charge in [0.15, 0.2) is 11.0 Å². The van der Waals surface area contributed by atoms with Crippen molar-refractivity contribution in [3.8, 4) is 11.4 Å². The molecule has 0 unspecified atom stereocenters. The van der Waals surface area contributed by atoms with Crippen LogP contribution in [0, 0.1) is 6.92 Å². The highest BCUT2D eigenvalue weighted by Gasteiger charge is 2.31. The normalized spacial score (nSPS) is 11.7. The van der Waals surface area contributed by atoms with Crippen molar-refractivity contribution in [1.82, 2.24) is 14.8 Å². The molecule has 0 aliphatic carbocycles.